The van der Waals surface area contributed by atoms with E-state index >= 15 is 0 Å². The van der Waals surface area contributed by atoms with E-state index in [0.717, 1.165) is 0 Å². The van der Waals surface area contributed by atoms with Gasteiger partial charge in [-0.25, -0.2) is 10.3 Å². The Morgan fingerprint density at radius 3 is 1.70 bits per heavy atom. The first kappa shape index (κ1) is 14.7. The molecule has 0 aliphatic rings. The number of carbonyl (C=O) groups excluding carboxylic acids is 1. The second kappa shape index (κ2) is 6.61. The summed E-state index contributed by atoms with van der Waals surface area (Å²) >= 11 is 11.7. The quantitative estimate of drug-likeness (QED) is 0.854. The van der Waals surface area contributed by atoms with E-state index in [2.05, 4.69) is 10.3 Å². The number of carbonyl (C=O) groups is 1. The van der Waals surface area contributed by atoms with Gasteiger partial charge in [-0.15, -0.1) is 0 Å². The number of urea groups is 1. The predicted molar refractivity (Wildman–Crippen MR) is 80.6 cm³/mol. The van der Waals surface area contributed by atoms with Gasteiger partial charge in [-0.3, -0.25) is 9.74 Å². The fraction of sp³-hybridized carbons (Fsp3) is 0.0714. The molecule has 0 atom stereocenters. The number of hydroxylamine groups is 1. The molecule has 6 heteroatoms. The minimum atomic E-state index is -0.419. The lowest BCUT2D eigenvalue weighted by atomic mass is 10.2. The van der Waals surface area contributed by atoms with Gasteiger partial charge in [0.05, 0.1) is 18.5 Å². The number of rotatable bonds is 3. The van der Waals surface area contributed by atoms with Crippen molar-refractivity contribution in [2.75, 3.05) is 12.0 Å². The first-order chi connectivity index (χ1) is 9.61. The second-order valence-corrected chi connectivity index (χ2v) is 4.77. The first-order valence-electron chi connectivity index (χ1n) is 5.76. The smallest absolute Gasteiger partial charge is 0.275 e. The Morgan fingerprint density at radius 2 is 1.35 bits per heavy atom. The van der Waals surface area contributed by atoms with Crippen molar-refractivity contribution in [3.05, 3.63) is 58.6 Å². The lowest BCUT2D eigenvalue weighted by molar-refractivity contribution is 0.112. The van der Waals surface area contributed by atoms with Crippen LogP contribution >= 0.6 is 23.2 Å². The zero-order valence-electron chi connectivity index (χ0n) is 10.6. The zero-order chi connectivity index (χ0) is 14.5. The van der Waals surface area contributed by atoms with Crippen LogP contribution in [0.15, 0.2) is 48.5 Å². The minimum Gasteiger partial charge on any atom is -0.275 e. The number of amides is 2. The van der Waals surface area contributed by atoms with E-state index in [9.17, 15) is 4.79 Å². The molecule has 0 unspecified atom stereocenters. The third-order valence-electron chi connectivity index (χ3n) is 2.56. The molecular weight excluding hydrogens is 299 g/mol. The zero-order valence-corrected chi connectivity index (χ0v) is 12.2. The van der Waals surface area contributed by atoms with Gasteiger partial charge in [-0.1, -0.05) is 23.2 Å². The van der Waals surface area contributed by atoms with Crippen LogP contribution in [0.3, 0.4) is 0 Å². The Morgan fingerprint density at radius 1 is 0.950 bits per heavy atom. The maximum atomic E-state index is 12.1. The molecule has 20 heavy (non-hydrogen) atoms. The molecule has 0 spiro atoms. The van der Waals surface area contributed by atoms with E-state index in [-0.39, 0.29) is 0 Å². The van der Waals surface area contributed by atoms with Gasteiger partial charge in [0.25, 0.3) is 0 Å². The summed E-state index contributed by atoms with van der Waals surface area (Å²) in [5, 5.41) is 1.19. The van der Waals surface area contributed by atoms with Gasteiger partial charge in [0.1, 0.15) is 0 Å². The molecule has 0 radical (unpaired) electrons. The Kier molecular flexibility index (Phi) is 4.84. The van der Waals surface area contributed by atoms with Crippen LogP contribution in [-0.2, 0) is 4.84 Å². The monoisotopic (exact) mass is 310 g/mol. The van der Waals surface area contributed by atoms with E-state index < -0.39 is 6.03 Å². The summed E-state index contributed by atoms with van der Waals surface area (Å²) in [7, 11) is 1.37. The average Bonchev–Trinajstić information content (AvgIpc) is 2.44. The van der Waals surface area contributed by atoms with Crippen LogP contribution in [0.1, 0.15) is 0 Å². The maximum Gasteiger partial charge on any atom is 0.350 e. The molecule has 0 saturated heterocycles. The Balaban J connectivity index is 2.41. The molecule has 0 bridgehead atoms. The molecule has 0 aliphatic carbocycles. The van der Waals surface area contributed by atoms with Crippen molar-refractivity contribution in [1.82, 2.24) is 5.48 Å². The molecule has 0 saturated carbocycles. The predicted octanol–water partition coefficient (Wildman–Crippen LogP) is 4.40. The minimum absolute atomic E-state index is 0.419. The molecule has 2 amide bonds. The molecule has 104 valence electrons. The number of hydrogen-bond donors (Lipinski definition) is 1. The summed E-state index contributed by atoms with van der Waals surface area (Å²) < 4.78 is 0. The molecule has 0 heterocycles. The van der Waals surface area contributed by atoms with Gasteiger partial charge in [0.2, 0.25) is 0 Å². The van der Waals surface area contributed by atoms with Crippen molar-refractivity contribution in [3.8, 4) is 0 Å². The number of nitrogens with zero attached hydrogens (tertiary/aromatic N) is 1. The average molecular weight is 311 g/mol. The summed E-state index contributed by atoms with van der Waals surface area (Å²) in [5.74, 6) is 0. The molecule has 1 N–H and O–H groups in total. The highest BCUT2D eigenvalue weighted by atomic mass is 35.5. The standard InChI is InChI=1S/C14H12Cl2N2O2/c1-20-17-14(19)18(12-6-2-10(15)3-7-12)13-8-4-11(16)5-9-13/h2-9H,1H3,(H,17,19). The number of anilines is 2. The van der Waals surface area contributed by atoms with Crippen molar-refractivity contribution >= 4 is 40.6 Å². The van der Waals surface area contributed by atoms with Crippen LogP contribution in [0.5, 0.6) is 0 Å². The maximum absolute atomic E-state index is 12.1. The second-order valence-electron chi connectivity index (χ2n) is 3.90. The number of hydrogen-bond acceptors (Lipinski definition) is 2. The largest absolute Gasteiger partial charge is 0.350 e. The van der Waals surface area contributed by atoms with E-state index in [0.29, 0.717) is 21.4 Å². The van der Waals surface area contributed by atoms with E-state index in [1.165, 1.54) is 12.0 Å². The van der Waals surface area contributed by atoms with E-state index in [4.69, 9.17) is 23.2 Å². The van der Waals surface area contributed by atoms with Crippen molar-refractivity contribution in [2.24, 2.45) is 0 Å². The molecule has 0 aromatic heterocycles. The van der Waals surface area contributed by atoms with Crippen molar-refractivity contribution in [1.29, 1.82) is 0 Å². The fourth-order valence-corrected chi connectivity index (χ4v) is 1.95. The topological polar surface area (TPSA) is 41.6 Å². The van der Waals surface area contributed by atoms with E-state index in [1.807, 2.05) is 0 Å². The van der Waals surface area contributed by atoms with E-state index in [1.54, 1.807) is 48.5 Å². The van der Waals surface area contributed by atoms with Crippen LogP contribution in [0, 0.1) is 0 Å². The van der Waals surface area contributed by atoms with Crippen LogP contribution in [-0.4, -0.2) is 13.1 Å². The Bertz CT molecular complexity index is 540. The summed E-state index contributed by atoms with van der Waals surface area (Å²) in [6.45, 7) is 0. The van der Waals surface area contributed by atoms with Gasteiger partial charge in [-0.05, 0) is 48.5 Å². The number of halogens is 2. The fourth-order valence-electron chi connectivity index (χ4n) is 1.70. The molecule has 0 aliphatic heterocycles. The van der Waals surface area contributed by atoms with Gasteiger partial charge in [-0.2, -0.15) is 0 Å². The summed E-state index contributed by atoms with van der Waals surface area (Å²) in [5.41, 5.74) is 3.61. The lowest BCUT2D eigenvalue weighted by Gasteiger charge is -2.22. The SMILES string of the molecule is CONC(=O)N(c1ccc(Cl)cc1)c1ccc(Cl)cc1. The van der Waals surface area contributed by atoms with Crippen LogP contribution in [0.4, 0.5) is 16.2 Å². The number of nitrogens with one attached hydrogen (secondary N) is 1. The van der Waals surface area contributed by atoms with Crippen molar-refractivity contribution < 1.29 is 9.63 Å². The molecule has 2 aromatic rings. The van der Waals surface area contributed by atoms with Crippen LogP contribution in [0.25, 0.3) is 0 Å². The van der Waals surface area contributed by atoms with Crippen molar-refractivity contribution in [2.45, 2.75) is 0 Å². The first-order valence-corrected chi connectivity index (χ1v) is 6.51. The molecule has 4 nitrogen and oxygen atoms in total. The highest BCUT2D eigenvalue weighted by molar-refractivity contribution is 6.31. The van der Waals surface area contributed by atoms with Gasteiger partial charge < -0.3 is 0 Å². The third kappa shape index (κ3) is 3.42. The Hall–Kier alpha value is -1.75. The van der Waals surface area contributed by atoms with Crippen molar-refractivity contribution in [3.63, 3.8) is 0 Å². The molecule has 0 fully saturated rings. The molecule has 2 aromatic carbocycles. The summed E-state index contributed by atoms with van der Waals surface area (Å²) in [6, 6.07) is 13.4. The highest BCUT2D eigenvalue weighted by Crippen LogP contribution is 2.27. The van der Waals surface area contributed by atoms with Crippen LogP contribution in [0.2, 0.25) is 10.0 Å². The molecular formula is C14H12Cl2N2O2. The van der Waals surface area contributed by atoms with Gasteiger partial charge in [0, 0.05) is 10.0 Å². The van der Waals surface area contributed by atoms with Gasteiger partial charge >= 0.3 is 6.03 Å². The molecule has 2 rings (SSSR count). The lowest BCUT2D eigenvalue weighted by Crippen LogP contribution is -2.36. The normalized spacial score (nSPS) is 10.2. The van der Waals surface area contributed by atoms with Crippen LogP contribution < -0.4 is 10.4 Å². The third-order valence-corrected chi connectivity index (χ3v) is 3.07. The highest BCUT2D eigenvalue weighted by Gasteiger charge is 2.17. The number of benzene rings is 2. The summed E-state index contributed by atoms with van der Waals surface area (Å²) in [4.78, 5) is 18.3. The summed E-state index contributed by atoms with van der Waals surface area (Å²) in [6.07, 6.45) is 0. The van der Waals surface area contributed by atoms with Gasteiger partial charge in [0.15, 0.2) is 0 Å². The Labute approximate surface area is 126 Å².